The standard InChI is InChI=1S/C21H26N4O3S/c1-28-19-11-5-16(6-12-19)20(24-13-3-2-4-14-24)15-22-21(29)23-17-7-9-18(10-8-17)25(26)27/h5-12,20H,2-4,13-15H2,1H3,(H2,22,23,29)/t20-/m0/s1. The number of anilines is 1. The van der Waals surface area contributed by atoms with Crippen LogP contribution in [0.15, 0.2) is 48.5 Å². The summed E-state index contributed by atoms with van der Waals surface area (Å²) in [5.74, 6) is 0.842. The molecule has 0 spiro atoms. The molecule has 0 aliphatic carbocycles. The molecule has 0 aromatic heterocycles. The molecule has 0 radical (unpaired) electrons. The van der Waals surface area contributed by atoms with Gasteiger partial charge in [0.1, 0.15) is 5.75 Å². The predicted molar refractivity (Wildman–Crippen MR) is 118 cm³/mol. The molecule has 29 heavy (non-hydrogen) atoms. The van der Waals surface area contributed by atoms with Gasteiger partial charge in [-0.3, -0.25) is 15.0 Å². The number of piperidine rings is 1. The van der Waals surface area contributed by atoms with Crippen molar-refractivity contribution < 1.29 is 9.66 Å². The fourth-order valence-electron chi connectivity index (χ4n) is 3.55. The second-order valence-corrected chi connectivity index (χ2v) is 7.43. The Kier molecular flexibility index (Phi) is 7.37. The SMILES string of the molecule is COc1ccc([C@H](CNC(=S)Nc2ccc([N+](=O)[O-])cc2)N2CCCCC2)cc1. The first-order valence-electron chi connectivity index (χ1n) is 9.74. The number of nitro benzene ring substituents is 1. The van der Waals surface area contributed by atoms with Gasteiger partial charge in [0.05, 0.1) is 18.1 Å². The van der Waals surface area contributed by atoms with E-state index in [1.165, 1.54) is 37.0 Å². The van der Waals surface area contributed by atoms with Crippen LogP contribution in [0.5, 0.6) is 5.75 Å². The number of ether oxygens (including phenoxy) is 1. The van der Waals surface area contributed by atoms with Crippen molar-refractivity contribution in [3.63, 3.8) is 0 Å². The van der Waals surface area contributed by atoms with Crippen molar-refractivity contribution in [1.82, 2.24) is 10.2 Å². The van der Waals surface area contributed by atoms with Crippen LogP contribution in [0.3, 0.4) is 0 Å². The van der Waals surface area contributed by atoms with Crippen LogP contribution in [-0.4, -0.2) is 41.7 Å². The van der Waals surface area contributed by atoms with Gasteiger partial charge >= 0.3 is 0 Å². The smallest absolute Gasteiger partial charge is 0.269 e. The Morgan fingerprint density at radius 1 is 1.14 bits per heavy atom. The van der Waals surface area contributed by atoms with E-state index in [1.807, 2.05) is 12.1 Å². The lowest BCUT2D eigenvalue weighted by Gasteiger charge is -2.35. The van der Waals surface area contributed by atoms with Gasteiger partial charge in [0.15, 0.2) is 5.11 Å². The van der Waals surface area contributed by atoms with E-state index in [4.69, 9.17) is 17.0 Å². The fraction of sp³-hybridized carbons (Fsp3) is 0.381. The van der Waals surface area contributed by atoms with Crippen LogP contribution in [0.1, 0.15) is 30.9 Å². The lowest BCUT2D eigenvalue weighted by molar-refractivity contribution is -0.384. The minimum atomic E-state index is -0.418. The molecule has 0 unspecified atom stereocenters. The molecule has 1 aliphatic rings. The normalized spacial score (nSPS) is 15.3. The molecule has 1 saturated heterocycles. The highest BCUT2D eigenvalue weighted by Gasteiger charge is 2.22. The Bertz CT molecular complexity index is 821. The zero-order valence-electron chi connectivity index (χ0n) is 16.5. The highest BCUT2D eigenvalue weighted by Crippen LogP contribution is 2.26. The monoisotopic (exact) mass is 414 g/mol. The number of methoxy groups -OCH3 is 1. The van der Waals surface area contributed by atoms with Crippen LogP contribution < -0.4 is 15.4 Å². The van der Waals surface area contributed by atoms with Crippen LogP contribution in [0.2, 0.25) is 0 Å². The zero-order chi connectivity index (χ0) is 20.6. The number of nitrogens with one attached hydrogen (secondary N) is 2. The summed E-state index contributed by atoms with van der Waals surface area (Å²) in [5.41, 5.74) is 1.99. The van der Waals surface area contributed by atoms with Crippen LogP contribution in [0.25, 0.3) is 0 Å². The highest BCUT2D eigenvalue weighted by molar-refractivity contribution is 7.80. The summed E-state index contributed by atoms with van der Waals surface area (Å²) in [6, 6.07) is 14.6. The molecule has 0 bridgehead atoms. The molecule has 1 aliphatic heterocycles. The Morgan fingerprint density at radius 2 is 1.79 bits per heavy atom. The van der Waals surface area contributed by atoms with E-state index in [0.29, 0.717) is 17.3 Å². The molecule has 2 N–H and O–H groups in total. The maximum Gasteiger partial charge on any atom is 0.269 e. The molecule has 2 aromatic carbocycles. The number of likely N-dealkylation sites (tertiary alicyclic amines) is 1. The third kappa shape index (κ3) is 5.88. The summed E-state index contributed by atoms with van der Waals surface area (Å²) < 4.78 is 5.28. The van der Waals surface area contributed by atoms with Gasteiger partial charge in [-0.1, -0.05) is 18.6 Å². The molecular formula is C21H26N4O3S. The van der Waals surface area contributed by atoms with Gasteiger partial charge in [-0.2, -0.15) is 0 Å². The molecule has 154 valence electrons. The third-order valence-corrected chi connectivity index (χ3v) is 5.37. The molecule has 7 nitrogen and oxygen atoms in total. The van der Waals surface area contributed by atoms with Crippen LogP contribution >= 0.6 is 12.2 Å². The average molecular weight is 415 g/mol. The average Bonchev–Trinajstić information content (AvgIpc) is 2.75. The summed E-state index contributed by atoms with van der Waals surface area (Å²) in [6.45, 7) is 2.81. The number of benzene rings is 2. The van der Waals surface area contributed by atoms with E-state index >= 15 is 0 Å². The van der Waals surface area contributed by atoms with Crippen molar-refractivity contribution in [3.05, 3.63) is 64.2 Å². The summed E-state index contributed by atoms with van der Waals surface area (Å²) in [6.07, 6.45) is 3.69. The summed E-state index contributed by atoms with van der Waals surface area (Å²) in [5, 5.41) is 17.7. The number of hydrogen-bond donors (Lipinski definition) is 2. The van der Waals surface area contributed by atoms with Crippen LogP contribution in [0, 0.1) is 10.1 Å². The molecular weight excluding hydrogens is 388 g/mol. The fourth-order valence-corrected chi connectivity index (χ4v) is 3.75. The molecule has 1 fully saturated rings. The zero-order valence-corrected chi connectivity index (χ0v) is 17.3. The van der Waals surface area contributed by atoms with E-state index < -0.39 is 4.92 Å². The van der Waals surface area contributed by atoms with E-state index in [0.717, 1.165) is 18.8 Å². The molecule has 8 heteroatoms. The van der Waals surface area contributed by atoms with Crippen LogP contribution in [-0.2, 0) is 0 Å². The van der Waals surface area contributed by atoms with Crippen molar-refractivity contribution in [3.8, 4) is 5.75 Å². The van der Waals surface area contributed by atoms with Gasteiger partial charge < -0.3 is 15.4 Å². The first-order chi connectivity index (χ1) is 14.1. The van der Waals surface area contributed by atoms with E-state index in [9.17, 15) is 10.1 Å². The van der Waals surface area contributed by atoms with E-state index in [-0.39, 0.29) is 11.7 Å². The number of nitro groups is 1. The largest absolute Gasteiger partial charge is 0.497 e. The Hall–Kier alpha value is -2.71. The molecule has 1 heterocycles. The first kappa shape index (κ1) is 21.0. The van der Waals surface area contributed by atoms with Crippen molar-refractivity contribution in [2.24, 2.45) is 0 Å². The number of rotatable bonds is 7. The molecule has 0 amide bonds. The Labute approximate surface area is 176 Å². The Morgan fingerprint density at radius 3 is 2.38 bits per heavy atom. The van der Waals surface area contributed by atoms with Crippen LogP contribution in [0.4, 0.5) is 11.4 Å². The summed E-state index contributed by atoms with van der Waals surface area (Å²) in [4.78, 5) is 12.8. The minimum Gasteiger partial charge on any atom is -0.497 e. The minimum absolute atomic E-state index is 0.0547. The Balaban J connectivity index is 1.63. The number of hydrogen-bond acceptors (Lipinski definition) is 5. The van der Waals surface area contributed by atoms with Crippen molar-refractivity contribution in [1.29, 1.82) is 0 Å². The van der Waals surface area contributed by atoms with Gasteiger partial charge in [-0.25, -0.2) is 0 Å². The molecule has 0 saturated carbocycles. The van der Waals surface area contributed by atoms with Crippen molar-refractivity contribution in [2.45, 2.75) is 25.3 Å². The summed E-state index contributed by atoms with van der Waals surface area (Å²) in [7, 11) is 1.67. The quantitative estimate of drug-likeness (QED) is 0.401. The van der Waals surface area contributed by atoms with Gasteiger partial charge in [0, 0.05) is 24.4 Å². The van der Waals surface area contributed by atoms with Crippen molar-refractivity contribution >= 4 is 28.7 Å². The predicted octanol–water partition coefficient (Wildman–Crippen LogP) is 4.12. The van der Waals surface area contributed by atoms with Gasteiger partial charge in [-0.05, 0) is 68.0 Å². The lowest BCUT2D eigenvalue weighted by atomic mass is 10.0. The maximum atomic E-state index is 10.8. The second-order valence-electron chi connectivity index (χ2n) is 7.02. The van der Waals surface area contributed by atoms with Gasteiger partial charge in [-0.15, -0.1) is 0 Å². The van der Waals surface area contributed by atoms with E-state index in [1.54, 1.807) is 19.2 Å². The first-order valence-corrected chi connectivity index (χ1v) is 10.1. The molecule has 1 atom stereocenters. The summed E-state index contributed by atoms with van der Waals surface area (Å²) >= 11 is 5.44. The van der Waals surface area contributed by atoms with E-state index in [2.05, 4.69) is 27.7 Å². The van der Waals surface area contributed by atoms with Gasteiger partial charge in [0.25, 0.3) is 5.69 Å². The lowest BCUT2D eigenvalue weighted by Crippen LogP contribution is -2.41. The molecule has 3 rings (SSSR count). The highest BCUT2D eigenvalue weighted by atomic mass is 32.1. The molecule has 2 aromatic rings. The number of non-ortho nitro benzene ring substituents is 1. The number of thiocarbonyl (C=S) groups is 1. The third-order valence-electron chi connectivity index (χ3n) is 5.12. The van der Waals surface area contributed by atoms with Gasteiger partial charge in [0.2, 0.25) is 0 Å². The topological polar surface area (TPSA) is 79.7 Å². The van der Waals surface area contributed by atoms with Crippen molar-refractivity contribution in [2.75, 3.05) is 32.1 Å². The number of nitrogens with zero attached hydrogens (tertiary/aromatic N) is 2. The maximum absolute atomic E-state index is 10.8. The second kappa shape index (κ2) is 10.2.